The molecule has 0 saturated heterocycles. The van der Waals surface area contributed by atoms with Crippen LogP contribution in [0.3, 0.4) is 0 Å². The number of rotatable bonds is 4. The van der Waals surface area contributed by atoms with Gasteiger partial charge in [-0.15, -0.1) is 0 Å². The van der Waals surface area contributed by atoms with Crippen LogP contribution in [-0.4, -0.2) is 35.2 Å². The van der Waals surface area contributed by atoms with E-state index in [9.17, 15) is 9.59 Å². The first-order valence-corrected chi connectivity index (χ1v) is 9.55. The number of nitrogens with one attached hydrogen (secondary N) is 2. The van der Waals surface area contributed by atoms with Gasteiger partial charge < -0.3 is 15.4 Å². The van der Waals surface area contributed by atoms with Crippen molar-refractivity contribution in [3.8, 4) is 5.75 Å². The van der Waals surface area contributed by atoms with Gasteiger partial charge in [-0.25, -0.2) is 4.79 Å². The Kier molecular flexibility index (Phi) is 4.98. The molecule has 0 unspecified atom stereocenters. The molecule has 7 heteroatoms. The normalized spacial score (nSPS) is 14.0. The summed E-state index contributed by atoms with van der Waals surface area (Å²) in [6.45, 7) is 1.65. The van der Waals surface area contributed by atoms with E-state index in [0.29, 0.717) is 17.0 Å². The maximum absolute atomic E-state index is 13.0. The average molecular weight is 392 g/mol. The van der Waals surface area contributed by atoms with Gasteiger partial charge >= 0.3 is 5.69 Å². The number of benzene rings is 2. The summed E-state index contributed by atoms with van der Waals surface area (Å²) in [6.07, 6.45) is 2.98. The molecular formula is C22H24N4O3. The van der Waals surface area contributed by atoms with E-state index in [1.165, 1.54) is 0 Å². The second kappa shape index (κ2) is 7.60. The third-order valence-electron chi connectivity index (χ3n) is 5.42. The van der Waals surface area contributed by atoms with E-state index in [1.54, 1.807) is 48.5 Å². The zero-order valence-corrected chi connectivity index (χ0v) is 16.8. The van der Waals surface area contributed by atoms with Crippen molar-refractivity contribution in [2.75, 3.05) is 25.5 Å². The molecule has 29 heavy (non-hydrogen) atoms. The van der Waals surface area contributed by atoms with Crippen molar-refractivity contribution in [2.45, 2.75) is 6.42 Å². The Hall–Kier alpha value is -3.32. The zero-order chi connectivity index (χ0) is 20.5. The van der Waals surface area contributed by atoms with Gasteiger partial charge in [0.1, 0.15) is 5.75 Å². The SMILES string of the molecule is COc1ccccc1C(=O)Nc1cc2c(cc1C1=CCNCC1)n(C)c(=O)n2C. The summed E-state index contributed by atoms with van der Waals surface area (Å²) in [5, 5.41) is 6.35. The molecule has 1 amide bonds. The van der Waals surface area contributed by atoms with Crippen LogP contribution in [0.1, 0.15) is 22.3 Å². The van der Waals surface area contributed by atoms with E-state index in [1.807, 2.05) is 18.2 Å². The summed E-state index contributed by atoms with van der Waals surface area (Å²) >= 11 is 0. The Morgan fingerprint density at radius 2 is 1.86 bits per heavy atom. The van der Waals surface area contributed by atoms with E-state index in [-0.39, 0.29) is 11.6 Å². The van der Waals surface area contributed by atoms with Gasteiger partial charge in [0.2, 0.25) is 0 Å². The molecule has 2 aromatic carbocycles. The summed E-state index contributed by atoms with van der Waals surface area (Å²) in [7, 11) is 5.04. The summed E-state index contributed by atoms with van der Waals surface area (Å²) in [6, 6.07) is 11.0. The van der Waals surface area contributed by atoms with Crippen LogP contribution >= 0.6 is 0 Å². The van der Waals surface area contributed by atoms with Crippen molar-refractivity contribution >= 4 is 28.2 Å². The van der Waals surface area contributed by atoms with Crippen LogP contribution in [0, 0.1) is 0 Å². The summed E-state index contributed by atoms with van der Waals surface area (Å²) in [5.74, 6) is 0.263. The Bertz CT molecular complexity index is 1190. The number of imidazole rings is 1. The lowest BCUT2D eigenvalue weighted by atomic mass is 9.97. The molecule has 0 fully saturated rings. The van der Waals surface area contributed by atoms with E-state index >= 15 is 0 Å². The molecule has 0 saturated carbocycles. The molecule has 1 aliphatic heterocycles. The zero-order valence-electron chi connectivity index (χ0n) is 16.8. The predicted molar refractivity (Wildman–Crippen MR) is 115 cm³/mol. The lowest BCUT2D eigenvalue weighted by Crippen LogP contribution is -2.21. The van der Waals surface area contributed by atoms with Gasteiger partial charge in [-0.3, -0.25) is 13.9 Å². The second-order valence-electron chi connectivity index (χ2n) is 7.13. The molecule has 150 valence electrons. The number of aromatic nitrogens is 2. The van der Waals surface area contributed by atoms with Gasteiger partial charge in [0.05, 0.1) is 29.4 Å². The van der Waals surface area contributed by atoms with E-state index in [4.69, 9.17) is 4.74 Å². The Balaban J connectivity index is 1.85. The standard InChI is InChI=1S/C22H24N4O3/c1-25-18-12-16(14-8-10-23-11-9-14)17(13-19(18)26(2)22(25)28)24-21(27)15-6-4-5-7-20(15)29-3/h4-8,12-13,23H,9-11H2,1-3H3,(H,24,27). The molecule has 2 heterocycles. The topological polar surface area (TPSA) is 77.3 Å². The van der Waals surface area contributed by atoms with Crippen molar-refractivity contribution in [3.63, 3.8) is 0 Å². The van der Waals surface area contributed by atoms with Gasteiger partial charge in [0, 0.05) is 26.2 Å². The first-order valence-electron chi connectivity index (χ1n) is 9.55. The first-order chi connectivity index (χ1) is 14.0. The monoisotopic (exact) mass is 392 g/mol. The quantitative estimate of drug-likeness (QED) is 0.715. The van der Waals surface area contributed by atoms with Gasteiger partial charge in [-0.2, -0.15) is 0 Å². The highest BCUT2D eigenvalue weighted by atomic mass is 16.5. The minimum Gasteiger partial charge on any atom is -0.496 e. The minimum atomic E-state index is -0.251. The highest BCUT2D eigenvalue weighted by Crippen LogP contribution is 2.32. The summed E-state index contributed by atoms with van der Waals surface area (Å²) in [5.41, 5.74) is 4.73. The molecule has 0 radical (unpaired) electrons. The molecule has 4 rings (SSSR count). The Labute approximate surface area is 168 Å². The minimum absolute atomic E-state index is 0.0987. The van der Waals surface area contributed by atoms with E-state index < -0.39 is 0 Å². The van der Waals surface area contributed by atoms with Crippen molar-refractivity contribution in [1.82, 2.24) is 14.5 Å². The third-order valence-corrected chi connectivity index (χ3v) is 5.42. The number of amides is 1. The second-order valence-corrected chi connectivity index (χ2v) is 7.13. The molecule has 1 aromatic heterocycles. The molecule has 1 aliphatic rings. The molecule has 0 bridgehead atoms. The van der Waals surface area contributed by atoms with Crippen LogP contribution in [0.25, 0.3) is 16.6 Å². The van der Waals surface area contributed by atoms with Crippen LogP contribution in [0.2, 0.25) is 0 Å². The fraction of sp³-hybridized carbons (Fsp3) is 0.273. The van der Waals surface area contributed by atoms with Crippen LogP contribution < -0.4 is 21.1 Å². The average Bonchev–Trinajstić information content (AvgIpc) is 2.97. The van der Waals surface area contributed by atoms with Crippen molar-refractivity contribution in [2.24, 2.45) is 14.1 Å². The number of aryl methyl sites for hydroxylation is 2. The van der Waals surface area contributed by atoms with E-state index in [0.717, 1.165) is 41.7 Å². The number of hydrogen-bond acceptors (Lipinski definition) is 4. The Morgan fingerprint density at radius 1 is 1.14 bits per heavy atom. The van der Waals surface area contributed by atoms with Crippen molar-refractivity contribution < 1.29 is 9.53 Å². The van der Waals surface area contributed by atoms with Crippen LogP contribution in [0.15, 0.2) is 47.3 Å². The third kappa shape index (κ3) is 3.34. The molecule has 7 nitrogen and oxygen atoms in total. The molecule has 0 aliphatic carbocycles. The molecule has 0 spiro atoms. The van der Waals surface area contributed by atoms with Gasteiger partial charge in [-0.1, -0.05) is 18.2 Å². The summed E-state index contributed by atoms with van der Waals surface area (Å²) in [4.78, 5) is 25.4. The largest absolute Gasteiger partial charge is 0.496 e. The smallest absolute Gasteiger partial charge is 0.328 e. The van der Waals surface area contributed by atoms with Crippen molar-refractivity contribution in [3.05, 3.63) is 64.1 Å². The number of methoxy groups -OCH3 is 1. The molecular weight excluding hydrogens is 368 g/mol. The van der Waals surface area contributed by atoms with Crippen LogP contribution in [0.5, 0.6) is 5.75 Å². The first kappa shape index (κ1) is 19.0. The number of carbonyl (C=O) groups is 1. The molecule has 3 aromatic rings. The van der Waals surface area contributed by atoms with Gasteiger partial charge in [0.25, 0.3) is 5.91 Å². The van der Waals surface area contributed by atoms with Crippen LogP contribution in [0.4, 0.5) is 5.69 Å². The maximum atomic E-state index is 13.0. The van der Waals surface area contributed by atoms with Gasteiger partial charge in [0.15, 0.2) is 0 Å². The van der Waals surface area contributed by atoms with Gasteiger partial charge in [-0.05, 0) is 42.8 Å². The fourth-order valence-corrected chi connectivity index (χ4v) is 3.80. The number of para-hydroxylation sites is 1. The number of ether oxygens (including phenoxy) is 1. The predicted octanol–water partition coefficient (Wildman–Crippen LogP) is 2.51. The maximum Gasteiger partial charge on any atom is 0.328 e. The van der Waals surface area contributed by atoms with Crippen molar-refractivity contribution in [1.29, 1.82) is 0 Å². The molecule has 0 atom stereocenters. The Morgan fingerprint density at radius 3 is 2.55 bits per heavy atom. The number of fused-ring (bicyclic) bond motifs is 1. The number of nitrogens with zero attached hydrogens (tertiary/aromatic N) is 2. The highest BCUT2D eigenvalue weighted by Gasteiger charge is 2.19. The number of hydrogen-bond donors (Lipinski definition) is 2. The fourth-order valence-electron chi connectivity index (χ4n) is 3.80. The number of anilines is 1. The highest BCUT2D eigenvalue weighted by molar-refractivity contribution is 6.08. The summed E-state index contributed by atoms with van der Waals surface area (Å²) < 4.78 is 8.55. The lowest BCUT2D eigenvalue weighted by molar-refractivity contribution is 0.102. The van der Waals surface area contributed by atoms with E-state index in [2.05, 4.69) is 16.7 Å². The van der Waals surface area contributed by atoms with Crippen LogP contribution in [-0.2, 0) is 14.1 Å². The number of carbonyl (C=O) groups excluding carboxylic acids is 1. The molecule has 2 N–H and O–H groups in total. The lowest BCUT2D eigenvalue weighted by Gasteiger charge is -2.19.